The molecule has 1 aliphatic carbocycles. The van der Waals surface area contributed by atoms with Crippen molar-refractivity contribution >= 4 is 55.7 Å². The lowest BCUT2D eigenvalue weighted by molar-refractivity contribution is -0.116. The van der Waals surface area contributed by atoms with Gasteiger partial charge in [-0.2, -0.15) is 0 Å². The fraction of sp³-hybridized carbons (Fsp3) is 0.367. The van der Waals surface area contributed by atoms with Crippen molar-refractivity contribution in [2.24, 2.45) is 0 Å². The van der Waals surface area contributed by atoms with Crippen molar-refractivity contribution in [3.05, 3.63) is 66.6 Å². The first-order chi connectivity index (χ1) is 19.7. The highest BCUT2D eigenvalue weighted by Gasteiger charge is 2.28. The summed E-state index contributed by atoms with van der Waals surface area (Å²) in [5.41, 5.74) is 2.97. The van der Waals surface area contributed by atoms with E-state index in [1.54, 1.807) is 32.1 Å². The molecule has 0 saturated carbocycles. The van der Waals surface area contributed by atoms with Gasteiger partial charge in [0.15, 0.2) is 0 Å². The molecule has 3 aromatic heterocycles. The number of carbonyl (C=O) groups excluding carboxylic acids is 3. The number of rotatable bonds is 8. The van der Waals surface area contributed by atoms with Crippen LogP contribution in [0.4, 0.5) is 5.00 Å². The van der Waals surface area contributed by atoms with E-state index in [1.807, 2.05) is 31.2 Å². The van der Waals surface area contributed by atoms with Gasteiger partial charge in [0.1, 0.15) is 27.1 Å². The molecule has 0 spiro atoms. The van der Waals surface area contributed by atoms with Gasteiger partial charge in [-0.25, -0.2) is 14.6 Å². The molecule has 0 saturated heterocycles. The predicted octanol–water partition coefficient (Wildman–Crippen LogP) is 5.67. The van der Waals surface area contributed by atoms with Crippen molar-refractivity contribution in [3.8, 4) is 11.4 Å². The minimum atomic E-state index is -0.655. The van der Waals surface area contributed by atoms with Crippen molar-refractivity contribution in [1.82, 2.24) is 9.55 Å². The number of hydrogen-bond acceptors (Lipinski definition) is 9. The van der Waals surface area contributed by atoms with E-state index in [2.05, 4.69) is 5.32 Å². The molecule has 5 rings (SSSR count). The SMILES string of the molecule is CCOC(=O)c1sc(NC(=O)Cn2c(-c3cccc(C)c3)nc3sc4c(c3c2=O)CCCC4)c(C(=O)OCC)c1C. The molecule has 0 fully saturated rings. The van der Waals surface area contributed by atoms with Gasteiger partial charge in [-0.1, -0.05) is 23.8 Å². The zero-order chi connectivity index (χ0) is 29.3. The summed E-state index contributed by atoms with van der Waals surface area (Å²) in [4.78, 5) is 59.9. The van der Waals surface area contributed by atoms with Crippen LogP contribution in [0.15, 0.2) is 29.1 Å². The Bertz CT molecular complexity index is 1730. The second-order valence-electron chi connectivity index (χ2n) is 9.84. The summed E-state index contributed by atoms with van der Waals surface area (Å²) < 4.78 is 11.7. The number of aromatic nitrogens is 2. The number of thiophene rings is 2. The average molecular weight is 594 g/mol. The van der Waals surface area contributed by atoms with Crippen LogP contribution in [0.25, 0.3) is 21.6 Å². The van der Waals surface area contributed by atoms with Gasteiger partial charge < -0.3 is 14.8 Å². The number of hydrogen-bond donors (Lipinski definition) is 1. The highest BCUT2D eigenvalue weighted by molar-refractivity contribution is 7.19. The van der Waals surface area contributed by atoms with Gasteiger partial charge in [0.2, 0.25) is 5.91 Å². The van der Waals surface area contributed by atoms with Crippen molar-refractivity contribution in [1.29, 1.82) is 0 Å². The lowest BCUT2D eigenvalue weighted by Gasteiger charge is -2.14. The van der Waals surface area contributed by atoms with Gasteiger partial charge in [0.05, 0.1) is 24.2 Å². The molecule has 1 aliphatic rings. The van der Waals surface area contributed by atoms with Gasteiger partial charge in [-0.05, 0) is 70.6 Å². The van der Waals surface area contributed by atoms with E-state index in [0.717, 1.165) is 53.7 Å². The Hall–Kier alpha value is -3.83. The quantitative estimate of drug-likeness (QED) is 0.262. The Morgan fingerprint density at radius 1 is 1.02 bits per heavy atom. The number of benzene rings is 1. The normalized spacial score (nSPS) is 12.7. The molecule has 0 unspecified atom stereocenters. The average Bonchev–Trinajstić information content (AvgIpc) is 3.47. The van der Waals surface area contributed by atoms with Crippen LogP contribution >= 0.6 is 22.7 Å². The smallest absolute Gasteiger partial charge is 0.348 e. The molecule has 1 amide bonds. The lowest BCUT2D eigenvalue weighted by atomic mass is 9.97. The van der Waals surface area contributed by atoms with Gasteiger partial charge >= 0.3 is 11.9 Å². The zero-order valence-electron chi connectivity index (χ0n) is 23.4. The Labute approximate surface area is 245 Å². The summed E-state index contributed by atoms with van der Waals surface area (Å²) in [6.07, 6.45) is 3.83. The molecular weight excluding hydrogens is 562 g/mol. The predicted molar refractivity (Wildman–Crippen MR) is 160 cm³/mol. The van der Waals surface area contributed by atoms with Crippen LogP contribution in [0, 0.1) is 13.8 Å². The second kappa shape index (κ2) is 12.0. The van der Waals surface area contributed by atoms with Gasteiger partial charge in [-0.15, -0.1) is 22.7 Å². The molecule has 0 aliphatic heterocycles. The van der Waals surface area contributed by atoms with E-state index in [-0.39, 0.29) is 40.8 Å². The van der Waals surface area contributed by atoms with Crippen molar-refractivity contribution in [3.63, 3.8) is 0 Å². The van der Waals surface area contributed by atoms with E-state index in [0.29, 0.717) is 21.6 Å². The standard InChI is InChI=1S/C30H31N3O6S2/c1-5-38-29(36)22-17(4)24(30(37)39-6-2)41-26(22)31-21(34)15-33-25(18-11-9-10-16(3)14-18)32-27-23(28(33)35)19-12-7-8-13-20(19)40-27/h9-11,14H,5-8,12-13,15H2,1-4H3,(H,31,34). The van der Waals surface area contributed by atoms with Crippen molar-refractivity contribution in [2.45, 2.75) is 59.9 Å². The van der Waals surface area contributed by atoms with Crippen LogP contribution in [-0.4, -0.2) is 40.6 Å². The Morgan fingerprint density at radius 3 is 2.49 bits per heavy atom. The zero-order valence-corrected chi connectivity index (χ0v) is 25.1. The van der Waals surface area contributed by atoms with Crippen molar-refractivity contribution < 1.29 is 23.9 Å². The largest absolute Gasteiger partial charge is 0.462 e. The first-order valence-electron chi connectivity index (χ1n) is 13.6. The minimum Gasteiger partial charge on any atom is -0.462 e. The third kappa shape index (κ3) is 5.56. The molecule has 3 heterocycles. The molecule has 11 heteroatoms. The highest BCUT2D eigenvalue weighted by atomic mass is 32.1. The van der Waals surface area contributed by atoms with Gasteiger partial charge in [0, 0.05) is 10.4 Å². The molecule has 1 N–H and O–H groups in total. The van der Waals surface area contributed by atoms with E-state index >= 15 is 0 Å². The maximum absolute atomic E-state index is 14.0. The Balaban J connectivity index is 1.58. The van der Waals surface area contributed by atoms with Crippen LogP contribution in [0.1, 0.15) is 68.3 Å². The molecule has 9 nitrogen and oxygen atoms in total. The first kappa shape index (κ1) is 28.7. The number of nitrogens with one attached hydrogen (secondary N) is 1. The number of aryl methyl sites for hydroxylation is 3. The summed E-state index contributed by atoms with van der Waals surface area (Å²) in [5, 5.41) is 3.51. The molecule has 0 radical (unpaired) electrons. The number of fused-ring (bicyclic) bond motifs is 3. The van der Waals surface area contributed by atoms with Gasteiger partial charge in [0.25, 0.3) is 5.56 Å². The van der Waals surface area contributed by atoms with Crippen LogP contribution in [0.3, 0.4) is 0 Å². The summed E-state index contributed by atoms with van der Waals surface area (Å²) in [6, 6.07) is 7.65. The molecular formula is C30H31N3O6S2. The lowest BCUT2D eigenvalue weighted by Crippen LogP contribution is -2.30. The Morgan fingerprint density at radius 2 is 1.76 bits per heavy atom. The number of nitrogens with zero attached hydrogens (tertiary/aromatic N) is 2. The van der Waals surface area contributed by atoms with Crippen LogP contribution in [-0.2, 0) is 33.7 Å². The number of esters is 2. The van der Waals surface area contributed by atoms with Crippen LogP contribution in [0.5, 0.6) is 0 Å². The number of carbonyl (C=O) groups is 3. The maximum Gasteiger partial charge on any atom is 0.348 e. The third-order valence-electron chi connectivity index (χ3n) is 6.99. The molecule has 4 aromatic rings. The topological polar surface area (TPSA) is 117 Å². The molecule has 0 atom stereocenters. The monoisotopic (exact) mass is 593 g/mol. The maximum atomic E-state index is 14.0. The molecule has 1 aromatic carbocycles. The summed E-state index contributed by atoms with van der Waals surface area (Å²) in [6.45, 7) is 6.90. The number of anilines is 1. The summed E-state index contributed by atoms with van der Waals surface area (Å²) >= 11 is 2.51. The van der Waals surface area contributed by atoms with E-state index < -0.39 is 17.8 Å². The molecule has 41 heavy (non-hydrogen) atoms. The van der Waals surface area contributed by atoms with Crippen LogP contribution < -0.4 is 10.9 Å². The Kier molecular flexibility index (Phi) is 8.37. The highest BCUT2D eigenvalue weighted by Crippen LogP contribution is 2.36. The third-order valence-corrected chi connectivity index (χ3v) is 9.37. The number of amides is 1. The number of ether oxygens (including phenoxy) is 2. The molecule has 0 bridgehead atoms. The van der Waals surface area contributed by atoms with E-state index in [9.17, 15) is 19.2 Å². The fourth-order valence-electron chi connectivity index (χ4n) is 5.14. The first-order valence-corrected chi connectivity index (χ1v) is 15.3. The van der Waals surface area contributed by atoms with E-state index in [1.165, 1.54) is 9.44 Å². The second-order valence-corrected chi connectivity index (χ2v) is 11.9. The minimum absolute atomic E-state index is 0.0972. The van der Waals surface area contributed by atoms with E-state index in [4.69, 9.17) is 14.5 Å². The van der Waals surface area contributed by atoms with Crippen LogP contribution in [0.2, 0.25) is 0 Å². The van der Waals surface area contributed by atoms with Gasteiger partial charge in [-0.3, -0.25) is 14.2 Å². The van der Waals surface area contributed by atoms with Crippen molar-refractivity contribution in [2.75, 3.05) is 18.5 Å². The summed E-state index contributed by atoms with van der Waals surface area (Å²) in [5.74, 6) is -1.37. The summed E-state index contributed by atoms with van der Waals surface area (Å²) in [7, 11) is 0. The molecule has 214 valence electrons. The fourth-order valence-corrected chi connectivity index (χ4v) is 7.50.